The van der Waals surface area contributed by atoms with Crippen LogP contribution in [0.15, 0.2) is 36.5 Å². The van der Waals surface area contributed by atoms with Gasteiger partial charge in [-0.1, -0.05) is 12.1 Å². The van der Waals surface area contributed by atoms with Crippen LogP contribution in [0.5, 0.6) is 5.75 Å². The standard InChI is InChI=1S/C22H26N4O4/c1-13(2)26-20-19(12-24-26)18(10-14(3)25-20)22(28)30-15(4)21(27)23-11-16-6-8-17(29-5)9-7-16/h6-10,12-13,15H,11H2,1-5H3,(H,23,27)/t15-/m1/s1. The number of hydrogen-bond donors (Lipinski definition) is 1. The summed E-state index contributed by atoms with van der Waals surface area (Å²) in [5, 5.41) is 7.70. The number of methoxy groups -OCH3 is 1. The number of nitrogens with zero attached hydrogens (tertiary/aromatic N) is 3. The number of carbonyl (C=O) groups is 2. The van der Waals surface area contributed by atoms with Crippen LogP contribution in [0.3, 0.4) is 0 Å². The minimum absolute atomic E-state index is 0.100. The minimum atomic E-state index is -0.945. The van der Waals surface area contributed by atoms with Gasteiger partial charge in [-0.3, -0.25) is 4.79 Å². The molecule has 0 unspecified atom stereocenters. The number of esters is 1. The summed E-state index contributed by atoms with van der Waals surface area (Å²) in [6, 6.07) is 9.11. The molecule has 8 heteroatoms. The van der Waals surface area contributed by atoms with Gasteiger partial charge in [-0.15, -0.1) is 0 Å². The summed E-state index contributed by atoms with van der Waals surface area (Å²) in [6.07, 6.45) is 0.659. The topological polar surface area (TPSA) is 95.3 Å². The van der Waals surface area contributed by atoms with Crippen LogP contribution in [-0.4, -0.2) is 39.9 Å². The number of hydrogen-bond acceptors (Lipinski definition) is 6. The van der Waals surface area contributed by atoms with E-state index in [0.29, 0.717) is 28.8 Å². The number of aromatic nitrogens is 3. The number of benzene rings is 1. The normalized spacial score (nSPS) is 12.1. The van der Waals surface area contributed by atoms with Crippen molar-refractivity contribution in [3.05, 3.63) is 53.3 Å². The zero-order valence-corrected chi connectivity index (χ0v) is 17.8. The average molecular weight is 410 g/mol. The zero-order valence-electron chi connectivity index (χ0n) is 17.8. The Hall–Kier alpha value is -3.42. The molecule has 0 radical (unpaired) electrons. The van der Waals surface area contributed by atoms with Crippen LogP contribution in [0.4, 0.5) is 0 Å². The molecule has 0 bridgehead atoms. The van der Waals surface area contributed by atoms with Crippen molar-refractivity contribution in [1.29, 1.82) is 0 Å². The van der Waals surface area contributed by atoms with Gasteiger partial charge >= 0.3 is 5.97 Å². The highest BCUT2D eigenvalue weighted by Gasteiger charge is 2.22. The van der Waals surface area contributed by atoms with Crippen LogP contribution in [0.25, 0.3) is 11.0 Å². The summed E-state index contributed by atoms with van der Waals surface area (Å²) in [5.41, 5.74) is 2.55. The van der Waals surface area contributed by atoms with Gasteiger partial charge in [0.15, 0.2) is 11.8 Å². The summed E-state index contributed by atoms with van der Waals surface area (Å²) in [7, 11) is 1.60. The first-order chi connectivity index (χ1) is 14.3. The number of ether oxygens (including phenoxy) is 2. The minimum Gasteiger partial charge on any atom is -0.497 e. The van der Waals surface area contributed by atoms with Gasteiger partial charge < -0.3 is 14.8 Å². The highest BCUT2D eigenvalue weighted by molar-refractivity contribution is 6.03. The van der Waals surface area contributed by atoms with Gasteiger partial charge in [-0.05, 0) is 51.5 Å². The molecule has 30 heavy (non-hydrogen) atoms. The van der Waals surface area contributed by atoms with Crippen LogP contribution in [0.2, 0.25) is 0 Å². The second kappa shape index (κ2) is 8.94. The average Bonchev–Trinajstić information content (AvgIpc) is 3.15. The van der Waals surface area contributed by atoms with E-state index in [1.54, 1.807) is 37.9 Å². The van der Waals surface area contributed by atoms with E-state index in [1.165, 1.54) is 0 Å². The fourth-order valence-corrected chi connectivity index (χ4v) is 3.04. The quantitative estimate of drug-likeness (QED) is 0.601. The van der Waals surface area contributed by atoms with Crippen molar-refractivity contribution < 1.29 is 19.1 Å². The first-order valence-corrected chi connectivity index (χ1v) is 9.76. The Morgan fingerprint density at radius 1 is 1.17 bits per heavy atom. The molecule has 2 heterocycles. The Labute approximate surface area is 175 Å². The second-order valence-corrected chi connectivity index (χ2v) is 7.34. The molecule has 0 saturated heterocycles. The third-order valence-electron chi connectivity index (χ3n) is 4.68. The van der Waals surface area contributed by atoms with Crippen molar-refractivity contribution in [2.24, 2.45) is 0 Å². The van der Waals surface area contributed by atoms with Crippen molar-refractivity contribution in [3.63, 3.8) is 0 Å². The fourth-order valence-electron chi connectivity index (χ4n) is 3.04. The molecule has 2 aromatic heterocycles. The Morgan fingerprint density at radius 3 is 2.50 bits per heavy atom. The molecule has 8 nitrogen and oxygen atoms in total. The van der Waals surface area contributed by atoms with Crippen LogP contribution in [-0.2, 0) is 16.1 Å². The van der Waals surface area contributed by atoms with Gasteiger partial charge in [0.05, 0.1) is 24.3 Å². The zero-order chi connectivity index (χ0) is 21.8. The maximum absolute atomic E-state index is 12.8. The fraction of sp³-hybridized carbons (Fsp3) is 0.364. The SMILES string of the molecule is COc1ccc(CNC(=O)[C@@H](C)OC(=O)c2cc(C)nc3c2cnn3C(C)C)cc1. The molecule has 0 aliphatic heterocycles. The molecule has 3 rings (SSSR count). The van der Waals surface area contributed by atoms with Crippen molar-refractivity contribution >= 4 is 22.9 Å². The third kappa shape index (κ3) is 4.59. The first-order valence-electron chi connectivity index (χ1n) is 9.76. The van der Waals surface area contributed by atoms with E-state index in [-0.39, 0.29) is 11.9 Å². The number of pyridine rings is 1. The van der Waals surface area contributed by atoms with Gasteiger partial charge in [0.1, 0.15) is 5.75 Å². The summed E-state index contributed by atoms with van der Waals surface area (Å²) in [5.74, 6) is -0.216. The van der Waals surface area contributed by atoms with Gasteiger partial charge in [0.25, 0.3) is 5.91 Å². The first kappa shape index (κ1) is 21.3. The van der Waals surface area contributed by atoms with Gasteiger partial charge in [0.2, 0.25) is 0 Å². The van der Waals surface area contributed by atoms with Gasteiger partial charge in [-0.25, -0.2) is 14.5 Å². The van der Waals surface area contributed by atoms with Crippen LogP contribution < -0.4 is 10.1 Å². The van der Waals surface area contributed by atoms with E-state index in [2.05, 4.69) is 15.4 Å². The number of fused-ring (bicyclic) bond motifs is 1. The van der Waals surface area contributed by atoms with Crippen molar-refractivity contribution in [2.45, 2.75) is 46.4 Å². The van der Waals surface area contributed by atoms with Crippen LogP contribution in [0, 0.1) is 6.92 Å². The maximum Gasteiger partial charge on any atom is 0.339 e. The molecule has 1 N–H and O–H groups in total. The molecule has 3 aromatic rings. The van der Waals surface area contributed by atoms with Gasteiger partial charge in [-0.2, -0.15) is 5.10 Å². The maximum atomic E-state index is 12.8. The monoisotopic (exact) mass is 410 g/mol. The molecule has 0 fully saturated rings. The molecule has 0 saturated carbocycles. The Balaban J connectivity index is 1.68. The molecule has 1 atom stereocenters. The molecule has 1 aromatic carbocycles. The predicted molar refractivity (Wildman–Crippen MR) is 112 cm³/mol. The lowest BCUT2D eigenvalue weighted by molar-refractivity contribution is -0.129. The lowest BCUT2D eigenvalue weighted by atomic mass is 10.1. The number of rotatable bonds is 7. The van der Waals surface area contributed by atoms with E-state index in [0.717, 1.165) is 11.3 Å². The van der Waals surface area contributed by atoms with E-state index >= 15 is 0 Å². The largest absolute Gasteiger partial charge is 0.497 e. The van der Waals surface area contributed by atoms with Gasteiger partial charge in [0, 0.05) is 18.3 Å². The van der Waals surface area contributed by atoms with Crippen molar-refractivity contribution in [1.82, 2.24) is 20.1 Å². The molecular weight excluding hydrogens is 384 g/mol. The summed E-state index contributed by atoms with van der Waals surface area (Å²) >= 11 is 0. The highest BCUT2D eigenvalue weighted by Crippen LogP contribution is 2.22. The Bertz CT molecular complexity index is 1060. The van der Waals surface area contributed by atoms with E-state index in [4.69, 9.17) is 9.47 Å². The van der Waals surface area contributed by atoms with Crippen molar-refractivity contribution in [3.8, 4) is 5.75 Å². The predicted octanol–water partition coefficient (Wildman–Crippen LogP) is 3.19. The Kier molecular flexibility index (Phi) is 6.34. The third-order valence-corrected chi connectivity index (χ3v) is 4.68. The lowest BCUT2D eigenvalue weighted by Gasteiger charge is -2.14. The number of carbonyl (C=O) groups excluding carboxylic acids is 2. The van der Waals surface area contributed by atoms with E-state index < -0.39 is 12.1 Å². The van der Waals surface area contributed by atoms with E-state index in [9.17, 15) is 9.59 Å². The highest BCUT2D eigenvalue weighted by atomic mass is 16.5. The molecule has 158 valence electrons. The smallest absolute Gasteiger partial charge is 0.339 e. The van der Waals surface area contributed by atoms with E-state index in [1.807, 2.05) is 38.1 Å². The summed E-state index contributed by atoms with van der Waals surface area (Å²) < 4.78 is 12.3. The summed E-state index contributed by atoms with van der Waals surface area (Å²) in [6.45, 7) is 7.65. The summed E-state index contributed by atoms with van der Waals surface area (Å²) in [4.78, 5) is 29.7. The lowest BCUT2D eigenvalue weighted by Crippen LogP contribution is -2.35. The number of aryl methyl sites for hydroxylation is 1. The molecule has 0 aliphatic rings. The molecule has 0 aliphatic carbocycles. The molecular formula is C22H26N4O4. The van der Waals surface area contributed by atoms with Crippen LogP contribution >= 0.6 is 0 Å². The second-order valence-electron chi connectivity index (χ2n) is 7.34. The van der Waals surface area contributed by atoms with Crippen molar-refractivity contribution in [2.75, 3.05) is 7.11 Å². The number of nitrogens with one attached hydrogen (secondary N) is 1. The van der Waals surface area contributed by atoms with Crippen LogP contribution in [0.1, 0.15) is 48.4 Å². The number of amides is 1. The molecule has 1 amide bonds. The molecule has 0 spiro atoms. The Morgan fingerprint density at radius 2 is 1.87 bits per heavy atom.